The Kier molecular flexibility index (Phi) is 4.60. The summed E-state index contributed by atoms with van der Waals surface area (Å²) in [6.07, 6.45) is 7.60. The van der Waals surface area contributed by atoms with Crippen LogP contribution in [-0.4, -0.2) is 26.8 Å². The molecule has 130 valence electrons. The van der Waals surface area contributed by atoms with Crippen molar-refractivity contribution in [2.24, 2.45) is 0 Å². The van der Waals surface area contributed by atoms with Crippen LogP contribution in [0.5, 0.6) is 5.75 Å². The Bertz CT molecular complexity index is 1010. The fourth-order valence-electron chi connectivity index (χ4n) is 2.98. The number of benzene rings is 1. The molecule has 4 aromatic rings. The van der Waals surface area contributed by atoms with Gasteiger partial charge in [0.1, 0.15) is 5.75 Å². The van der Waals surface area contributed by atoms with Gasteiger partial charge in [-0.15, -0.1) is 0 Å². The third-order valence-corrected chi connectivity index (χ3v) is 4.33. The van der Waals surface area contributed by atoms with Crippen LogP contribution in [0.3, 0.4) is 0 Å². The number of nitrogens with one attached hydrogen (secondary N) is 1. The van der Waals surface area contributed by atoms with Gasteiger partial charge >= 0.3 is 0 Å². The SMILES string of the molecule is CCCCOc1ccc2nccc(-c3cn[nH]c3-c3ccccn3)c2c1. The minimum absolute atomic E-state index is 0.725. The van der Waals surface area contributed by atoms with Gasteiger partial charge in [-0.1, -0.05) is 19.4 Å². The average molecular weight is 344 g/mol. The quantitative estimate of drug-likeness (QED) is 0.507. The van der Waals surface area contributed by atoms with Crippen LogP contribution in [0, 0.1) is 0 Å². The van der Waals surface area contributed by atoms with Crippen molar-refractivity contribution < 1.29 is 4.74 Å². The van der Waals surface area contributed by atoms with E-state index < -0.39 is 0 Å². The highest BCUT2D eigenvalue weighted by atomic mass is 16.5. The molecule has 0 aliphatic rings. The van der Waals surface area contributed by atoms with Crippen LogP contribution in [-0.2, 0) is 0 Å². The van der Waals surface area contributed by atoms with Crippen LogP contribution in [0.15, 0.2) is 61.1 Å². The zero-order chi connectivity index (χ0) is 17.8. The van der Waals surface area contributed by atoms with E-state index in [1.165, 1.54) is 0 Å². The van der Waals surface area contributed by atoms with Crippen molar-refractivity contribution in [1.29, 1.82) is 0 Å². The number of aromatic amines is 1. The van der Waals surface area contributed by atoms with Gasteiger partial charge in [0.2, 0.25) is 0 Å². The minimum atomic E-state index is 0.725. The molecule has 0 amide bonds. The van der Waals surface area contributed by atoms with E-state index in [9.17, 15) is 0 Å². The van der Waals surface area contributed by atoms with Crippen LogP contribution in [0.25, 0.3) is 33.4 Å². The number of unbranched alkanes of at least 4 members (excludes halogenated alkanes) is 1. The molecule has 3 aromatic heterocycles. The number of pyridine rings is 2. The molecule has 0 unspecified atom stereocenters. The van der Waals surface area contributed by atoms with Gasteiger partial charge in [0.05, 0.1) is 29.7 Å². The standard InChI is InChI=1S/C21H20N4O/c1-2-3-12-26-15-7-8-19-17(13-15)16(9-11-23-19)18-14-24-25-21(18)20-6-4-5-10-22-20/h4-11,13-14H,2-3,12H2,1H3,(H,24,25). The van der Waals surface area contributed by atoms with Crippen molar-refractivity contribution in [1.82, 2.24) is 20.2 Å². The van der Waals surface area contributed by atoms with Gasteiger partial charge in [-0.2, -0.15) is 5.10 Å². The van der Waals surface area contributed by atoms with E-state index in [-0.39, 0.29) is 0 Å². The molecule has 0 fully saturated rings. The lowest BCUT2D eigenvalue weighted by Crippen LogP contribution is -1.96. The zero-order valence-electron chi connectivity index (χ0n) is 14.6. The Morgan fingerprint density at radius 1 is 1.00 bits per heavy atom. The van der Waals surface area contributed by atoms with Crippen LogP contribution in [0.1, 0.15) is 19.8 Å². The highest BCUT2D eigenvalue weighted by Crippen LogP contribution is 2.34. The molecule has 4 rings (SSSR count). The summed E-state index contributed by atoms with van der Waals surface area (Å²) in [5.41, 5.74) is 4.75. The molecule has 0 aliphatic heterocycles. The van der Waals surface area contributed by atoms with E-state index >= 15 is 0 Å². The lowest BCUT2D eigenvalue weighted by molar-refractivity contribution is 0.310. The molecule has 3 heterocycles. The Morgan fingerprint density at radius 2 is 1.96 bits per heavy atom. The smallest absolute Gasteiger partial charge is 0.120 e. The fraction of sp³-hybridized carbons (Fsp3) is 0.190. The topological polar surface area (TPSA) is 63.7 Å². The largest absolute Gasteiger partial charge is 0.494 e. The van der Waals surface area contributed by atoms with Gasteiger partial charge in [-0.3, -0.25) is 15.1 Å². The number of nitrogens with zero attached hydrogens (tertiary/aromatic N) is 3. The molecule has 0 radical (unpaired) electrons. The second-order valence-electron chi connectivity index (χ2n) is 6.11. The molecule has 0 atom stereocenters. The molecule has 1 N–H and O–H groups in total. The molecule has 5 nitrogen and oxygen atoms in total. The number of H-pyrrole nitrogens is 1. The molecule has 26 heavy (non-hydrogen) atoms. The Morgan fingerprint density at radius 3 is 2.81 bits per heavy atom. The van der Waals surface area contributed by atoms with Crippen molar-refractivity contribution in [2.45, 2.75) is 19.8 Å². The van der Waals surface area contributed by atoms with Gasteiger partial charge in [0.25, 0.3) is 0 Å². The maximum absolute atomic E-state index is 5.88. The van der Waals surface area contributed by atoms with Gasteiger partial charge in [-0.25, -0.2) is 0 Å². The predicted molar refractivity (Wildman–Crippen MR) is 103 cm³/mol. The number of rotatable bonds is 6. The summed E-state index contributed by atoms with van der Waals surface area (Å²) in [4.78, 5) is 8.93. The summed E-state index contributed by atoms with van der Waals surface area (Å²) < 4.78 is 5.88. The van der Waals surface area contributed by atoms with E-state index in [1.807, 2.05) is 48.8 Å². The van der Waals surface area contributed by atoms with Crippen LogP contribution >= 0.6 is 0 Å². The van der Waals surface area contributed by atoms with E-state index in [0.29, 0.717) is 0 Å². The fourth-order valence-corrected chi connectivity index (χ4v) is 2.98. The van der Waals surface area contributed by atoms with Crippen molar-refractivity contribution >= 4 is 10.9 Å². The number of ether oxygens (including phenoxy) is 1. The second-order valence-corrected chi connectivity index (χ2v) is 6.11. The molecule has 1 aromatic carbocycles. The Hall–Kier alpha value is -3.21. The molecular formula is C21H20N4O. The lowest BCUT2D eigenvalue weighted by Gasteiger charge is -2.10. The van der Waals surface area contributed by atoms with Gasteiger partial charge in [-0.05, 0) is 48.4 Å². The van der Waals surface area contributed by atoms with Crippen molar-refractivity contribution in [3.05, 3.63) is 61.1 Å². The second kappa shape index (κ2) is 7.35. The Balaban J connectivity index is 1.80. The highest BCUT2D eigenvalue weighted by Gasteiger charge is 2.14. The van der Waals surface area contributed by atoms with Gasteiger partial charge < -0.3 is 4.74 Å². The predicted octanol–water partition coefficient (Wildman–Crippen LogP) is 4.87. The first-order valence-corrected chi connectivity index (χ1v) is 8.83. The summed E-state index contributed by atoms with van der Waals surface area (Å²) in [7, 11) is 0. The minimum Gasteiger partial charge on any atom is -0.494 e. The molecule has 0 saturated carbocycles. The number of fused-ring (bicyclic) bond motifs is 1. The van der Waals surface area contributed by atoms with Crippen molar-refractivity contribution in [3.63, 3.8) is 0 Å². The van der Waals surface area contributed by atoms with Crippen molar-refractivity contribution in [3.8, 4) is 28.3 Å². The van der Waals surface area contributed by atoms with E-state index in [2.05, 4.69) is 33.2 Å². The highest BCUT2D eigenvalue weighted by molar-refractivity contribution is 5.98. The number of hydrogen-bond donors (Lipinski definition) is 1. The molecule has 0 bridgehead atoms. The van der Waals surface area contributed by atoms with Crippen LogP contribution in [0.4, 0.5) is 0 Å². The van der Waals surface area contributed by atoms with Gasteiger partial charge in [0, 0.05) is 23.3 Å². The van der Waals surface area contributed by atoms with E-state index in [1.54, 1.807) is 6.20 Å². The lowest BCUT2D eigenvalue weighted by atomic mass is 10.0. The summed E-state index contributed by atoms with van der Waals surface area (Å²) in [6, 6.07) is 13.9. The maximum atomic E-state index is 5.88. The molecule has 5 heteroatoms. The average Bonchev–Trinajstić information content (AvgIpc) is 3.18. The monoisotopic (exact) mass is 344 g/mol. The third kappa shape index (κ3) is 3.16. The van der Waals surface area contributed by atoms with Crippen molar-refractivity contribution in [2.75, 3.05) is 6.61 Å². The normalized spacial score (nSPS) is 11.0. The van der Waals surface area contributed by atoms with Crippen LogP contribution in [0.2, 0.25) is 0 Å². The Labute approximate surface area is 152 Å². The third-order valence-electron chi connectivity index (χ3n) is 4.33. The maximum Gasteiger partial charge on any atom is 0.120 e. The summed E-state index contributed by atoms with van der Waals surface area (Å²) in [5.74, 6) is 0.864. The number of aromatic nitrogens is 4. The molecule has 0 aliphatic carbocycles. The van der Waals surface area contributed by atoms with E-state index in [4.69, 9.17) is 4.74 Å². The van der Waals surface area contributed by atoms with Crippen LogP contribution < -0.4 is 4.74 Å². The zero-order valence-corrected chi connectivity index (χ0v) is 14.6. The molecule has 0 spiro atoms. The molecule has 0 saturated heterocycles. The first kappa shape index (κ1) is 16.3. The van der Waals surface area contributed by atoms with Gasteiger partial charge in [0.15, 0.2) is 0 Å². The summed E-state index contributed by atoms with van der Waals surface area (Å²) in [6.45, 7) is 2.88. The van der Waals surface area contributed by atoms with E-state index in [0.717, 1.165) is 58.6 Å². The summed E-state index contributed by atoms with van der Waals surface area (Å²) in [5, 5.41) is 8.37. The first-order chi connectivity index (χ1) is 12.9. The summed E-state index contributed by atoms with van der Waals surface area (Å²) >= 11 is 0. The first-order valence-electron chi connectivity index (χ1n) is 8.83. The number of hydrogen-bond acceptors (Lipinski definition) is 4. The molecular weight excluding hydrogens is 324 g/mol.